The fraction of sp³-hybridized carbons (Fsp3) is 0.250. The number of carbonyl (C=O) groups is 2. The SMILES string of the molecule is CCC(=O)c1c(B(O)O)oc2cc(N)c(Br)cc12.CNC(=O)c1coc2cc(N)c(Br)cc12.COB(OC)OC. The monoisotopic (exact) mass is 683 g/mol. The second kappa shape index (κ2) is 15.2. The van der Waals surface area contributed by atoms with E-state index in [1.807, 2.05) is 0 Å². The van der Waals surface area contributed by atoms with Crippen LogP contribution in [-0.4, -0.2) is 64.6 Å². The summed E-state index contributed by atoms with van der Waals surface area (Å²) >= 11 is 6.57. The molecule has 0 saturated heterocycles. The fourth-order valence-electron chi connectivity index (χ4n) is 3.46. The third kappa shape index (κ3) is 7.87. The maximum Gasteiger partial charge on any atom is 0.638 e. The number of benzene rings is 2. The Hall–Kier alpha value is -2.85. The van der Waals surface area contributed by atoms with Gasteiger partial charge in [0.05, 0.1) is 11.1 Å². The van der Waals surface area contributed by atoms with E-state index in [1.165, 1.54) is 33.7 Å². The molecule has 0 bridgehead atoms. The molecule has 214 valence electrons. The summed E-state index contributed by atoms with van der Waals surface area (Å²) in [4.78, 5) is 23.3. The van der Waals surface area contributed by atoms with Gasteiger partial charge in [-0.25, -0.2) is 0 Å². The molecule has 0 aliphatic carbocycles. The molecule has 4 rings (SSSR count). The number of halogens is 2. The normalized spacial score (nSPS) is 10.4. The summed E-state index contributed by atoms with van der Waals surface area (Å²) in [5, 5.41) is 22.3. The lowest BCUT2D eigenvalue weighted by molar-refractivity contribution is 0.0961. The number of hydrogen-bond acceptors (Lipinski definition) is 11. The molecule has 12 nitrogen and oxygen atoms in total. The first-order valence-electron chi connectivity index (χ1n) is 11.6. The zero-order valence-corrected chi connectivity index (χ0v) is 25.6. The Balaban J connectivity index is 0.000000230. The number of furan rings is 2. The third-order valence-corrected chi connectivity index (χ3v) is 6.78. The van der Waals surface area contributed by atoms with Gasteiger partial charge in [0.25, 0.3) is 5.91 Å². The molecule has 40 heavy (non-hydrogen) atoms. The Morgan fingerprint density at radius 1 is 0.950 bits per heavy atom. The van der Waals surface area contributed by atoms with Crippen molar-refractivity contribution in [2.24, 2.45) is 0 Å². The van der Waals surface area contributed by atoms with Gasteiger partial charge < -0.3 is 49.6 Å². The molecule has 0 aliphatic heterocycles. The van der Waals surface area contributed by atoms with E-state index in [0.29, 0.717) is 38.0 Å². The van der Waals surface area contributed by atoms with Crippen LogP contribution >= 0.6 is 31.9 Å². The Labute approximate surface area is 247 Å². The van der Waals surface area contributed by atoms with Crippen LogP contribution in [0.1, 0.15) is 34.1 Å². The Morgan fingerprint density at radius 3 is 1.93 bits per heavy atom. The molecular weight excluding hydrogens is 656 g/mol. The van der Waals surface area contributed by atoms with Crippen LogP contribution in [0.2, 0.25) is 0 Å². The number of rotatable bonds is 7. The number of amides is 1. The molecular formula is C24H29B2Br2N3O9. The zero-order chi connectivity index (χ0) is 30.1. The van der Waals surface area contributed by atoms with Crippen LogP contribution in [0.4, 0.5) is 11.4 Å². The van der Waals surface area contributed by atoms with Crippen LogP contribution in [0.15, 0.2) is 48.3 Å². The standard InChI is InChI=1S/C11H11BBrNO4.C10H9BrN2O2.C3H9BO3/c1-2-8(15)10-5-3-6(13)7(14)4-9(5)18-11(10)12(16)17;1-13-10(14)6-4-15-9-3-8(12)7(11)2-5(6)9;1-5-4(6-2)7-3/h3-4,16-17H,2,14H2,1H3;2-4H,12H2,1H3,(H,13,14);1-3H3. The minimum Gasteiger partial charge on any atom is -0.464 e. The molecule has 0 radical (unpaired) electrons. The van der Waals surface area contributed by atoms with Crippen molar-refractivity contribution >= 4 is 97.0 Å². The van der Waals surface area contributed by atoms with Gasteiger partial charge in [-0.1, -0.05) is 6.92 Å². The van der Waals surface area contributed by atoms with Crippen molar-refractivity contribution in [2.45, 2.75) is 13.3 Å². The van der Waals surface area contributed by atoms with Gasteiger partial charge in [0.1, 0.15) is 23.1 Å². The lowest BCUT2D eigenvalue weighted by atomic mass is 9.82. The molecule has 0 aliphatic rings. The maximum atomic E-state index is 11.9. The molecule has 7 N–H and O–H groups in total. The average Bonchev–Trinajstić information content (AvgIpc) is 3.51. The van der Waals surface area contributed by atoms with E-state index in [0.717, 1.165) is 9.86 Å². The number of carbonyl (C=O) groups excluding carboxylic acids is 2. The number of ketones is 1. The van der Waals surface area contributed by atoms with E-state index in [9.17, 15) is 19.6 Å². The first kappa shape index (κ1) is 33.4. The van der Waals surface area contributed by atoms with Crippen molar-refractivity contribution in [1.82, 2.24) is 5.32 Å². The summed E-state index contributed by atoms with van der Waals surface area (Å²) in [7, 11) is 3.77. The molecule has 0 unspecified atom stereocenters. The Kier molecular flexibility index (Phi) is 12.7. The van der Waals surface area contributed by atoms with E-state index in [-0.39, 0.29) is 29.3 Å². The largest absolute Gasteiger partial charge is 0.638 e. The van der Waals surface area contributed by atoms with Crippen LogP contribution in [0.3, 0.4) is 0 Å². The molecule has 2 heterocycles. The molecule has 2 aromatic carbocycles. The van der Waals surface area contributed by atoms with Crippen LogP contribution in [0.5, 0.6) is 0 Å². The summed E-state index contributed by atoms with van der Waals surface area (Å²) in [5.41, 5.74) is 14.0. The van der Waals surface area contributed by atoms with Crippen molar-refractivity contribution < 1.29 is 42.4 Å². The van der Waals surface area contributed by atoms with Crippen LogP contribution < -0.4 is 22.4 Å². The predicted octanol–water partition coefficient (Wildman–Crippen LogP) is 3.10. The Bertz CT molecular complexity index is 1470. The number of hydrogen-bond donors (Lipinski definition) is 5. The molecule has 0 atom stereocenters. The molecule has 4 aromatic rings. The average molecular weight is 685 g/mol. The topological polar surface area (TPSA) is 193 Å². The molecule has 0 spiro atoms. The number of fused-ring (bicyclic) bond motifs is 2. The van der Waals surface area contributed by atoms with Gasteiger partial charge >= 0.3 is 14.4 Å². The van der Waals surface area contributed by atoms with Crippen LogP contribution in [-0.2, 0) is 14.0 Å². The van der Waals surface area contributed by atoms with Crippen molar-refractivity contribution in [3.05, 3.63) is 50.6 Å². The van der Waals surface area contributed by atoms with Gasteiger partial charge in [-0.2, -0.15) is 0 Å². The van der Waals surface area contributed by atoms with Crippen LogP contribution in [0.25, 0.3) is 21.9 Å². The highest BCUT2D eigenvalue weighted by Crippen LogP contribution is 2.30. The minimum atomic E-state index is -1.83. The molecule has 0 saturated carbocycles. The van der Waals surface area contributed by atoms with Gasteiger partial charge in [0.15, 0.2) is 5.78 Å². The van der Waals surface area contributed by atoms with E-state index in [4.69, 9.17) is 20.3 Å². The van der Waals surface area contributed by atoms with Crippen molar-refractivity contribution in [3.8, 4) is 0 Å². The summed E-state index contributed by atoms with van der Waals surface area (Å²) in [6, 6.07) is 6.64. The highest BCUT2D eigenvalue weighted by molar-refractivity contribution is 9.11. The van der Waals surface area contributed by atoms with E-state index in [1.54, 1.807) is 32.2 Å². The van der Waals surface area contributed by atoms with Gasteiger partial charge in [0, 0.05) is 78.0 Å². The van der Waals surface area contributed by atoms with Gasteiger partial charge in [0.2, 0.25) is 0 Å². The second-order valence-electron chi connectivity index (χ2n) is 7.96. The smallest absolute Gasteiger partial charge is 0.464 e. The van der Waals surface area contributed by atoms with Gasteiger partial charge in [-0.05, 0) is 44.0 Å². The van der Waals surface area contributed by atoms with E-state index < -0.39 is 14.4 Å². The molecule has 16 heteroatoms. The summed E-state index contributed by atoms with van der Waals surface area (Å²) in [6.07, 6.45) is 1.67. The number of nitrogen functional groups attached to an aromatic ring is 2. The van der Waals surface area contributed by atoms with Crippen molar-refractivity contribution in [1.29, 1.82) is 0 Å². The summed E-state index contributed by atoms with van der Waals surface area (Å²) in [5.74, 6) is -0.390. The zero-order valence-electron chi connectivity index (χ0n) is 22.4. The van der Waals surface area contributed by atoms with E-state index in [2.05, 4.69) is 51.1 Å². The number of nitrogens with one attached hydrogen (secondary N) is 1. The van der Waals surface area contributed by atoms with Gasteiger partial charge in [-0.3, -0.25) is 9.59 Å². The fourth-order valence-corrected chi connectivity index (χ4v) is 4.15. The third-order valence-electron chi connectivity index (χ3n) is 5.41. The summed E-state index contributed by atoms with van der Waals surface area (Å²) < 4.78 is 25.7. The Morgan fingerprint density at radius 2 is 1.48 bits per heavy atom. The van der Waals surface area contributed by atoms with E-state index >= 15 is 0 Å². The predicted molar refractivity (Wildman–Crippen MR) is 161 cm³/mol. The summed E-state index contributed by atoms with van der Waals surface area (Å²) in [6.45, 7) is 1.70. The minimum absolute atomic E-state index is 0.144. The quantitative estimate of drug-likeness (QED) is 0.109. The van der Waals surface area contributed by atoms with Gasteiger partial charge in [-0.15, -0.1) is 0 Å². The first-order valence-corrected chi connectivity index (χ1v) is 13.2. The lowest BCUT2D eigenvalue weighted by Gasteiger charge is -2.01. The highest BCUT2D eigenvalue weighted by atomic mass is 79.9. The number of nitrogens with two attached hydrogens (primary N) is 2. The van der Waals surface area contributed by atoms with Crippen molar-refractivity contribution in [3.63, 3.8) is 0 Å². The second-order valence-corrected chi connectivity index (χ2v) is 9.66. The first-order chi connectivity index (χ1) is 18.9. The maximum absolute atomic E-state index is 11.9. The molecule has 1 amide bonds. The number of Topliss-reactive ketones (excluding diaryl/α,β-unsaturated/α-hetero) is 1. The molecule has 0 fully saturated rings. The highest BCUT2D eigenvalue weighted by Gasteiger charge is 2.28. The molecule has 2 aromatic heterocycles. The van der Waals surface area contributed by atoms with Crippen molar-refractivity contribution in [2.75, 3.05) is 39.8 Å². The van der Waals surface area contributed by atoms with Crippen LogP contribution in [0, 0.1) is 0 Å². The number of anilines is 2. The lowest BCUT2D eigenvalue weighted by Crippen LogP contribution is -2.32.